The third-order valence-electron chi connectivity index (χ3n) is 3.67. The Morgan fingerprint density at radius 1 is 0.714 bits per heavy atom. The Morgan fingerprint density at radius 2 is 1.11 bits per heavy atom. The minimum absolute atomic E-state index is 0.0914. The molecule has 0 aliphatic heterocycles. The lowest BCUT2D eigenvalue weighted by Crippen LogP contribution is -2.10. The van der Waals surface area contributed by atoms with Crippen LogP contribution in [0.25, 0.3) is 23.0 Å². The molecule has 2 N–H and O–H groups in total. The number of pyridine rings is 2. The molecule has 0 bridgehead atoms. The van der Waals surface area contributed by atoms with Gasteiger partial charge in [-0.2, -0.15) is 0 Å². The Bertz CT molecular complexity index is 876. The maximum absolute atomic E-state index is 11.4. The first-order chi connectivity index (χ1) is 13.6. The summed E-state index contributed by atoms with van der Waals surface area (Å²) in [5.41, 5.74) is 2.14. The molecule has 3 rings (SSSR count). The minimum Gasteiger partial charge on any atom is -0.325 e. The monoisotopic (exact) mass is 378 g/mol. The molecule has 0 fully saturated rings. The van der Waals surface area contributed by atoms with Gasteiger partial charge in [-0.1, -0.05) is 13.8 Å². The number of amides is 2. The van der Waals surface area contributed by atoms with E-state index in [1.165, 1.54) is 12.4 Å². The summed E-state index contributed by atoms with van der Waals surface area (Å²) < 4.78 is 0. The van der Waals surface area contributed by atoms with Crippen molar-refractivity contribution >= 4 is 23.2 Å². The molecule has 10 heteroatoms. The first kappa shape index (κ1) is 19.0. The highest BCUT2D eigenvalue weighted by atomic mass is 16.2. The number of aromatic nitrogens is 6. The van der Waals surface area contributed by atoms with Gasteiger partial charge >= 0.3 is 0 Å². The number of nitrogens with one attached hydrogen (secondary N) is 2. The molecular weight excluding hydrogens is 360 g/mol. The van der Waals surface area contributed by atoms with Crippen molar-refractivity contribution in [3.8, 4) is 23.0 Å². The number of rotatable bonds is 6. The molecule has 28 heavy (non-hydrogen) atoms. The van der Waals surface area contributed by atoms with E-state index in [1.54, 1.807) is 38.1 Å². The zero-order valence-electron chi connectivity index (χ0n) is 15.4. The minimum atomic E-state index is -0.0914. The van der Waals surface area contributed by atoms with Crippen molar-refractivity contribution in [1.29, 1.82) is 0 Å². The van der Waals surface area contributed by atoms with Crippen molar-refractivity contribution in [2.45, 2.75) is 26.7 Å². The first-order valence-electron chi connectivity index (χ1n) is 8.69. The molecule has 142 valence electrons. The number of anilines is 2. The van der Waals surface area contributed by atoms with Gasteiger partial charge in [0, 0.05) is 12.8 Å². The van der Waals surface area contributed by atoms with Crippen LogP contribution in [-0.2, 0) is 9.59 Å². The zero-order valence-corrected chi connectivity index (χ0v) is 15.4. The Kier molecular flexibility index (Phi) is 5.90. The summed E-state index contributed by atoms with van der Waals surface area (Å²) in [6.07, 6.45) is 3.82. The van der Waals surface area contributed by atoms with Crippen LogP contribution in [0.1, 0.15) is 26.7 Å². The zero-order chi connectivity index (χ0) is 19.9. The van der Waals surface area contributed by atoms with Crippen molar-refractivity contribution in [3.05, 3.63) is 36.7 Å². The summed E-state index contributed by atoms with van der Waals surface area (Å²) in [5, 5.41) is 21.6. The summed E-state index contributed by atoms with van der Waals surface area (Å²) in [5.74, 6) is 0.324. The molecule has 0 aromatic carbocycles. The average Bonchev–Trinajstić information content (AvgIpc) is 2.75. The van der Waals surface area contributed by atoms with E-state index in [1.807, 2.05) is 0 Å². The van der Waals surface area contributed by atoms with Crippen molar-refractivity contribution in [3.63, 3.8) is 0 Å². The maximum Gasteiger partial charge on any atom is 0.224 e. The smallest absolute Gasteiger partial charge is 0.224 e. The van der Waals surface area contributed by atoms with Crippen LogP contribution >= 0.6 is 0 Å². The SMILES string of the molecule is CCC(=O)Nc1ccc(-c2nnc(-c3ccc(NC(=O)CC)cn3)nn2)nc1. The van der Waals surface area contributed by atoms with E-state index < -0.39 is 0 Å². The van der Waals surface area contributed by atoms with Gasteiger partial charge in [0.15, 0.2) is 0 Å². The molecule has 3 aromatic rings. The molecule has 0 spiro atoms. The molecule has 0 saturated carbocycles. The van der Waals surface area contributed by atoms with Gasteiger partial charge in [0.05, 0.1) is 23.8 Å². The van der Waals surface area contributed by atoms with Crippen LogP contribution in [0, 0.1) is 0 Å². The van der Waals surface area contributed by atoms with Gasteiger partial charge in [-0.05, 0) is 24.3 Å². The molecule has 0 saturated heterocycles. The number of nitrogens with zero attached hydrogens (tertiary/aromatic N) is 6. The summed E-state index contributed by atoms with van der Waals surface area (Å²) in [4.78, 5) is 31.2. The standard InChI is InChI=1S/C18H18N8O2/c1-3-15(27)21-11-5-7-13(19-9-11)17-23-25-18(26-24-17)14-8-6-12(10-20-14)22-16(28)4-2/h5-10H,3-4H2,1-2H3,(H,21,27)(H,22,28). The second kappa shape index (κ2) is 8.71. The van der Waals surface area contributed by atoms with Crippen molar-refractivity contribution in [1.82, 2.24) is 30.4 Å². The molecule has 3 aromatic heterocycles. The van der Waals surface area contributed by atoms with Crippen LogP contribution in [-0.4, -0.2) is 42.2 Å². The van der Waals surface area contributed by atoms with Crippen molar-refractivity contribution in [2.75, 3.05) is 10.6 Å². The quantitative estimate of drug-likeness (QED) is 0.665. The summed E-state index contributed by atoms with van der Waals surface area (Å²) in [6, 6.07) is 6.76. The van der Waals surface area contributed by atoms with Gasteiger partial charge in [0.1, 0.15) is 11.4 Å². The highest BCUT2D eigenvalue weighted by Gasteiger charge is 2.10. The van der Waals surface area contributed by atoms with E-state index in [0.717, 1.165) is 0 Å². The molecule has 2 amide bonds. The lowest BCUT2D eigenvalue weighted by atomic mass is 10.3. The van der Waals surface area contributed by atoms with Crippen LogP contribution in [0.2, 0.25) is 0 Å². The van der Waals surface area contributed by atoms with Crippen molar-refractivity contribution < 1.29 is 9.59 Å². The van der Waals surface area contributed by atoms with E-state index in [9.17, 15) is 9.59 Å². The molecule has 0 aliphatic carbocycles. The van der Waals surface area contributed by atoms with Crippen LogP contribution in [0.5, 0.6) is 0 Å². The summed E-state index contributed by atoms with van der Waals surface area (Å²) in [6.45, 7) is 3.54. The predicted octanol–water partition coefficient (Wildman–Crippen LogP) is 2.09. The number of hydrogen-bond donors (Lipinski definition) is 2. The number of carbonyl (C=O) groups excluding carboxylic acids is 2. The largest absolute Gasteiger partial charge is 0.325 e. The highest BCUT2D eigenvalue weighted by Crippen LogP contribution is 2.16. The van der Waals surface area contributed by atoms with Gasteiger partial charge in [0.2, 0.25) is 23.5 Å². The second-order valence-electron chi connectivity index (χ2n) is 5.71. The fourth-order valence-electron chi connectivity index (χ4n) is 2.13. The van der Waals surface area contributed by atoms with Crippen LogP contribution < -0.4 is 10.6 Å². The van der Waals surface area contributed by atoms with E-state index in [4.69, 9.17) is 0 Å². The third kappa shape index (κ3) is 4.67. The maximum atomic E-state index is 11.4. The van der Waals surface area contributed by atoms with Gasteiger partial charge < -0.3 is 10.6 Å². The molecule has 0 radical (unpaired) electrons. The third-order valence-corrected chi connectivity index (χ3v) is 3.67. The Labute approximate surface area is 160 Å². The summed E-state index contributed by atoms with van der Waals surface area (Å²) in [7, 11) is 0. The number of carbonyl (C=O) groups is 2. The van der Waals surface area contributed by atoms with Gasteiger partial charge in [-0.25, -0.2) is 0 Å². The Hall–Kier alpha value is -3.82. The van der Waals surface area contributed by atoms with E-state index in [2.05, 4.69) is 41.0 Å². The highest BCUT2D eigenvalue weighted by molar-refractivity contribution is 5.90. The second-order valence-corrected chi connectivity index (χ2v) is 5.71. The van der Waals surface area contributed by atoms with Gasteiger partial charge in [-0.3, -0.25) is 19.6 Å². The Balaban J connectivity index is 1.71. The summed E-state index contributed by atoms with van der Waals surface area (Å²) >= 11 is 0. The number of hydrogen-bond acceptors (Lipinski definition) is 8. The van der Waals surface area contributed by atoms with E-state index in [-0.39, 0.29) is 23.5 Å². The van der Waals surface area contributed by atoms with E-state index >= 15 is 0 Å². The lowest BCUT2D eigenvalue weighted by Gasteiger charge is -2.05. The molecule has 0 atom stereocenters. The van der Waals surface area contributed by atoms with Crippen molar-refractivity contribution in [2.24, 2.45) is 0 Å². The van der Waals surface area contributed by atoms with Crippen LogP contribution in [0.4, 0.5) is 11.4 Å². The first-order valence-corrected chi connectivity index (χ1v) is 8.69. The molecular formula is C18H18N8O2. The topological polar surface area (TPSA) is 136 Å². The van der Waals surface area contributed by atoms with E-state index in [0.29, 0.717) is 35.6 Å². The molecule has 0 aliphatic rings. The van der Waals surface area contributed by atoms with Crippen LogP contribution in [0.3, 0.4) is 0 Å². The normalized spacial score (nSPS) is 10.4. The molecule has 10 nitrogen and oxygen atoms in total. The van der Waals surface area contributed by atoms with Gasteiger partial charge in [0.25, 0.3) is 0 Å². The Morgan fingerprint density at radius 3 is 1.39 bits per heavy atom. The molecule has 0 unspecified atom stereocenters. The average molecular weight is 378 g/mol. The predicted molar refractivity (Wildman–Crippen MR) is 102 cm³/mol. The molecule has 3 heterocycles. The fourth-order valence-corrected chi connectivity index (χ4v) is 2.13. The lowest BCUT2D eigenvalue weighted by molar-refractivity contribution is -0.116. The van der Waals surface area contributed by atoms with Crippen LogP contribution in [0.15, 0.2) is 36.7 Å². The van der Waals surface area contributed by atoms with Gasteiger partial charge in [-0.15, -0.1) is 20.4 Å². The fraction of sp³-hybridized carbons (Fsp3) is 0.222.